The molecule has 3 rings (SSSR count). The first-order valence-electron chi connectivity index (χ1n) is 5.21. The van der Waals surface area contributed by atoms with Crippen LogP contribution in [0, 0.1) is 11.8 Å². The number of fused-ring (bicyclic) bond motifs is 3. The molecule has 1 aliphatic carbocycles. The molecule has 13 heavy (non-hydrogen) atoms. The Morgan fingerprint density at radius 1 is 1.38 bits per heavy atom. The fraction of sp³-hybridized carbons (Fsp3) is 0.900. The third-order valence-electron chi connectivity index (χ3n) is 3.79. The molecule has 72 valence electrons. The summed E-state index contributed by atoms with van der Waals surface area (Å²) in [5.74, 6) is 1.15. The van der Waals surface area contributed by atoms with E-state index in [4.69, 9.17) is 4.74 Å². The van der Waals surface area contributed by atoms with Crippen molar-refractivity contribution in [3.8, 4) is 0 Å². The SMILES string of the molecule is CN1C(=O)C2CCCCC2C2OC21. The van der Waals surface area contributed by atoms with E-state index < -0.39 is 0 Å². The number of likely N-dealkylation sites (tertiary alicyclic amines) is 1. The fourth-order valence-electron chi connectivity index (χ4n) is 2.99. The van der Waals surface area contributed by atoms with Gasteiger partial charge in [-0.05, 0) is 12.8 Å². The van der Waals surface area contributed by atoms with Crippen molar-refractivity contribution in [2.24, 2.45) is 11.8 Å². The molecule has 2 heterocycles. The smallest absolute Gasteiger partial charge is 0.227 e. The van der Waals surface area contributed by atoms with Gasteiger partial charge in [0.1, 0.15) is 6.10 Å². The molecule has 1 amide bonds. The summed E-state index contributed by atoms with van der Waals surface area (Å²) in [6, 6.07) is 0. The summed E-state index contributed by atoms with van der Waals surface area (Å²) < 4.78 is 5.54. The zero-order chi connectivity index (χ0) is 9.00. The van der Waals surface area contributed by atoms with E-state index in [1.165, 1.54) is 19.3 Å². The highest BCUT2D eigenvalue weighted by Gasteiger charge is 2.58. The third-order valence-corrected chi connectivity index (χ3v) is 3.79. The quantitative estimate of drug-likeness (QED) is 0.522. The van der Waals surface area contributed by atoms with Gasteiger partial charge in [-0.3, -0.25) is 4.79 Å². The van der Waals surface area contributed by atoms with Crippen LogP contribution in [0.15, 0.2) is 0 Å². The molecule has 3 fully saturated rings. The second kappa shape index (κ2) is 2.47. The van der Waals surface area contributed by atoms with Gasteiger partial charge in [0.25, 0.3) is 0 Å². The molecule has 1 saturated carbocycles. The Morgan fingerprint density at radius 3 is 3.00 bits per heavy atom. The van der Waals surface area contributed by atoms with E-state index in [-0.39, 0.29) is 12.1 Å². The van der Waals surface area contributed by atoms with Crippen LogP contribution >= 0.6 is 0 Å². The zero-order valence-electron chi connectivity index (χ0n) is 7.90. The van der Waals surface area contributed by atoms with Crippen LogP contribution in [0.5, 0.6) is 0 Å². The van der Waals surface area contributed by atoms with E-state index in [9.17, 15) is 4.79 Å². The van der Waals surface area contributed by atoms with Gasteiger partial charge in [0, 0.05) is 18.9 Å². The lowest BCUT2D eigenvalue weighted by Gasteiger charge is -2.35. The molecule has 2 aliphatic heterocycles. The summed E-state index contributed by atoms with van der Waals surface area (Å²) in [4.78, 5) is 13.6. The summed E-state index contributed by atoms with van der Waals surface area (Å²) in [5.41, 5.74) is 0. The molecule has 0 aromatic heterocycles. The largest absolute Gasteiger partial charge is 0.347 e. The van der Waals surface area contributed by atoms with Gasteiger partial charge in [-0.25, -0.2) is 0 Å². The molecule has 4 unspecified atom stereocenters. The van der Waals surface area contributed by atoms with Crippen LogP contribution in [0.1, 0.15) is 25.7 Å². The molecule has 2 saturated heterocycles. The van der Waals surface area contributed by atoms with Crippen molar-refractivity contribution in [3.63, 3.8) is 0 Å². The van der Waals surface area contributed by atoms with Crippen molar-refractivity contribution >= 4 is 5.91 Å². The molecule has 0 N–H and O–H groups in total. The van der Waals surface area contributed by atoms with Crippen molar-refractivity contribution in [1.82, 2.24) is 4.90 Å². The molecule has 3 nitrogen and oxygen atoms in total. The van der Waals surface area contributed by atoms with Gasteiger partial charge in [-0.2, -0.15) is 0 Å². The van der Waals surface area contributed by atoms with E-state index in [1.54, 1.807) is 4.90 Å². The van der Waals surface area contributed by atoms with Gasteiger partial charge in [0.15, 0.2) is 6.23 Å². The second-order valence-corrected chi connectivity index (χ2v) is 4.50. The van der Waals surface area contributed by atoms with E-state index in [1.807, 2.05) is 7.05 Å². The molecule has 3 aliphatic rings. The maximum Gasteiger partial charge on any atom is 0.227 e. The summed E-state index contributed by atoms with van der Waals surface area (Å²) in [6.07, 6.45) is 5.30. The standard InChI is InChI=1S/C10H15NO2/c1-11-9(12)7-5-3-2-4-6(7)8-10(11)13-8/h6-8,10H,2-5H2,1H3. The molecular formula is C10H15NO2. The zero-order valence-corrected chi connectivity index (χ0v) is 7.90. The maximum absolute atomic E-state index is 11.8. The normalized spacial score (nSPS) is 48.4. The van der Waals surface area contributed by atoms with Crippen LogP contribution in [0.25, 0.3) is 0 Å². The molecule has 0 spiro atoms. The average molecular weight is 181 g/mol. The number of carbonyl (C=O) groups excluding carboxylic acids is 1. The van der Waals surface area contributed by atoms with Gasteiger partial charge in [0.05, 0.1) is 0 Å². The van der Waals surface area contributed by atoms with Crippen molar-refractivity contribution < 1.29 is 9.53 Å². The molecule has 3 heteroatoms. The number of epoxide rings is 1. The summed E-state index contributed by atoms with van der Waals surface area (Å²) in [5, 5.41) is 0. The number of amides is 1. The van der Waals surface area contributed by atoms with Crippen LogP contribution < -0.4 is 0 Å². The Bertz CT molecular complexity index is 253. The van der Waals surface area contributed by atoms with Gasteiger partial charge < -0.3 is 9.64 Å². The number of carbonyl (C=O) groups is 1. The van der Waals surface area contributed by atoms with E-state index in [0.717, 1.165) is 6.42 Å². The van der Waals surface area contributed by atoms with Gasteiger partial charge in [0.2, 0.25) is 5.91 Å². The number of nitrogens with zero attached hydrogens (tertiary/aromatic N) is 1. The molecule has 0 radical (unpaired) electrons. The molecule has 0 aromatic carbocycles. The van der Waals surface area contributed by atoms with E-state index in [0.29, 0.717) is 17.9 Å². The molecular weight excluding hydrogens is 166 g/mol. The van der Waals surface area contributed by atoms with Crippen molar-refractivity contribution in [2.45, 2.75) is 38.0 Å². The lowest BCUT2D eigenvalue weighted by molar-refractivity contribution is -0.140. The van der Waals surface area contributed by atoms with Gasteiger partial charge >= 0.3 is 0 Å². The number of likely N-dealkylation sites (N-methyl/N-ethyl adjacent to an activating group) is 1. The first-order chi connectivity index (χ1) is 6.29. The predicted octanol–water partition coefficient (Wildman–Crippen LogP) is 0.990. The summed E-state index contributed by atoms with van der Waals surface area (Å²) in [6.45, 7) is 0. The monoisotopic (exact) mass is 181 g/mol. The van der Waals surface area contributed by atoms with Crippen molar-refractivity contribution in [3.05, 3.63) is 0 Å². The van der Waals surface area contributed by atoms with E-state index >= 15 is 0 Å². The van der Waals surface area contributed by atoms with Crippen LogP contribution in [0.3, 0.4) is 0 Å². The molecule has 0 aromatic rings. The number of hydrogen-bond donors (Lipinski definition) is 0. The Labute approximate surface area is 78.0 Å². The minimum atomic E-state index is 0.131. The number of hydrogen-bond acceptors (Lipinski definition) is 2. The number of ether oxygens (including phenoxy) is 1. The minimum absolute atomic E-state index is 0.131. The highest BCUT2D eigenvalue weighted by molar-refractivity contribution is 5.80. The Kier molecular flexibility index (Phi) is 1.48. The minimum Gasteiger partial charge on any atom is -0.347 e. The average Bonchev–Trinajstić information content (AvgIpc) is 2.94. The van der Waals surface area contributed by atoms with Crippen LogP contribution in [0.2, 0.25) is 0 Å². The Morgan fingerprint density at radius 2 is 2.15 bits per heavy atom. The van der Waals surface area contributed by atoms with Crippen LogP contribution in [-0.4, -0.2) is 30.2 Å². The topological polar surface area (TPSA) is 32.8 Å². The van der Waals surface area contributed by atoms with Crippen LogP contribution in [0.4, 0.5) is 0 Å². The summed E-state index contributed by atoms with van der Waals surface area (Å²) >= 11 is 0. The van der Waals surface area contributed by atoms with E-state index in [2.05, 4.69) is 0 Å². The third kappa shape index (κ3) is 0.966. The second-order valence-electron chi connectivity index (χ2n) is 4.50. The van der Waals surface area contributed by atoms with Crippen molar-refractivity contribution in [1.29, 1.82) is 0 Å². The fourth-order valence-corrected chi connectivity index (χ4v) is 2.99. The van der Waals surface area contributed by atoms with Gasteiger partial charge in [-0.1, -0.05) is 12.8 Å². The molecule has 0 bridgehead atoms. The lowest BCUT2D eigenvalue weighted by atomic mass is 9.74. The van der Waals surface area contributed by atoms with Gasteiger partial charge in [-0.15, -0.1) is 0 Å². The predicted molar refractivity (Wildman–Crippen MR) is 46.9 cm³/mol. The Hall–Kier alpha value is -0.570. The maximum atomic E-state index is 11.8. The Balaban J connectivity index is 1.87. The first kappa shape index (κ1) is 7.80. The highest BCUT2D eigenvalue weighted by Crippen LogP contribution is 2.47. The molecule has 4 atom stereocenters. The first-order valence-corrected chi connectivity index (χ1v) is 5.21. The number of piperidine rings is 1. The summed E-state index contributed by atoms with van der Waals surface area (Å²) in [7, 11) is 1.87. The van der Waals surface area contributed by atoms with Crippen LogP contribution in [-0.2, 0) is 9.53 Å². The number of rotatable bonds is 0. The highest BCUT2D eigenvalue weighted by atomic mass is 16.6. The van der Waals surface area contributed by atoms with Crippen molar-refractivity contribution in [2.75, 3.05) is 7.05 Å². The lowest BCUT2D eigenvalue weighted by Crippen LogP contribution is -2.47.